The van der Waals surface area contributed by atoms with Gasteiger partial charge < -0.3 is 10.4 Å². The fourth-order valence-electron chi connectivity index (χ4n) is 2.42. The fraction of sp³-hybridized carbons (Fsp3) is 0. The maximum absolute atomic E-state index is 13.0. The van der Waals surface area contributed by atoms with E-state index in [4.69, 9.17) is 0 Å². The van der Waals surface area contributed by atoms with E-state index in [1.165, 1.54) is 42.6 Å². The summed E-state index contributed by atoms with van der Waals surface area (Å²) < 4.78 is 13.0. The largest absolute Gasteiger partial charge is 0.508 e. The number of rotatable bonds is 5. The van der Waals surface area contributed by atoms with Gasteiger partial charge in [-0.2, -0.15) is 5.10 Å². The number of benzene rings is 3. The van der Waals surface area contributed by atoms with Crippen LogP contribution in [0.25, 0.3) is 0 Å². The van der Waals surface area contributed by atoms with Crippen molar-refractivity contribution in [1.82, 2.24) is 5.43 Å². The minimum atomic E-state index is -0.522. The van der Waals surface area contributed by atoms with Gasteiger partial charge in [-0.3, -0.25) is 9.59 Å². The number of hydrogen-bond acceptors (Lipinski definition) is 4. The molecule has 7 heteroatoms. The standard InChI is InChI=1S/C21H16FN3O3/c22-16-10-8-15(9-11-16)20(27)24-19-7-2-1-6-18(19)21(28)25-23-13-14-4-3-5-17(26)12-14/h1-13,26H,(H,24,27)(H,25,28). The van der Waals surface area contributed by atoms with Crippen LogP contribution in [0.15, 0.2) is 77.9 Å². The number of nitrogens with zero attached hydrogens (tertiary/aromatic N) is 1. The normalized spacial score (nSPS) is 10.6. The number of phenols is 1. The molecule has 0 aliphatic rings. The van der Waals surface area contributed by atoms with Crippen LogP contribution in [0.3, 0.4) is 0 Å². The zero-order chi connectivity index (χ0) is 19.9. The highest BCUT2D eigenvalue weighted by Crippen LogP contribution is 2.16. The summed E-state index contributed by atoms with van der Waals surface area (Å²) in [5, 5.41) is 15.9. The molecule has 0 heterocycles. The Kier molecular flexibility index (Phi) is 5.76. The van der Waals surface area contributed by atoms with Crippen LogP contribution in [0.2, 0.25) is 0 Å². The Balaban J connectivity index is 1.71. The Hall–Kier alpha value is -4.00. The first-order chi connectivity index (χ1) is 13.5. The van der Waals surface area contributed by atoms with Gasteiger partial charge in [-0.15, -0.1) is 0 Å². The summed E-state index contributed by atoms with van der Waals surface area (Å²) in [6, 6.07) is 17.9. The van der Waals surface area contributed by atoms with Gasteiger partial charge in [0.05, 0.1) is 17.5 Å². The predicted octanol–water partition coefficient (Wildman–Crippen LogP) is 3.55. The molecule has 6 nitrogen and oxygen atoms in total. The Morgan fingerprint density at radius 2 is 1.68 bits per heavy atom. The maximum atomic E-state index is 13.0. The minimum absolute atomic E-state index is 0.0872. The summed E-state index contributed by atoms with van der Waals surface area (Å²) >= 11 is 0. The van der Waals surface area contributed by atoms with Gasteiger partial charge in [0.25, 0.3) is 11.8 Å². The monoisotopic (exact) mass is 377 g/mol. The van der Waals surface area contributed by atoms with Crippen molar-refractivity contribution in [3.8, 4) is 5.75 Å². The molecule has 0 bridgehead atoms. The molecule has 0 aromatic heterocycles. The van der Waals surface area contributed by atoms with E-state index in [9.17, 15) is 19.1 Å². The van der Waals surface area contributed by atoms with E-state index < -0.39 is 17.6 Å². The number of phenolic OH excluding ortho intramolecular Hbond substituents is 1. The topological polar surface area (TPSA) is 90.8 Å². The summed E-state index contributed by atoms with van der Waals surface area (Å²) in [5.41, 5.74) is 3.76. The zero-order valence-electron chi connectivity index (χ0n) is 14.6. The molecule has 3 aromatic carbocycles. The van der Waals surface area contributed by atoms with E-state index in [-0.39, 0.29) is 16.9 Å². The lowest BCUT2D eigenvalue weighted by atomic mass is 10.1. The number of carbonyl (C=O) groups is 2. The summed E-state index contributed by atoms with van der Waals surface area (Å²) in [5.74, 6) is -1.35. The van der Waals surface area contributed by atoms with Crippen molar-refractivity contribution in [2.45, 2.75) is 0 Å². The van der Waals surface area contributed by atoms with Gasteiger partial charge in [-0.1, -0.05) is 24.3 Å². The summed E-state index contributed by atoms with van der Waals surface area (Å²) in [6.45, 7) is 0. The maximum Gasteiger partial charge on any atom is 0.273 e. The van der Waals surface area contributed by atoms with Crippen molar-refractivity contribution < 1.29 is 19.1 Å². The first kappa shape index (κ1) is 18.8. The van der Waals surface area contributed by atoms with Crippen LogP contribution < -0.4 is 10.7 Å². The highest BCUT2D eigenvalue weighted by molar-refractivity contribution is 6.09. The van der Waals surface area contributed by atoms with Crippen molar-refractivity contribution in [3.63, 3.8) is 0 Å². The average molecular weight is 377 g/mol. The smallest absolute Gasteiger partial charge is 0.273 e. The number of hydrazone groups is 1. The first-order valence-corrected chi connectivity index (χ1v) is 8.31. The molecule has 2 amide bonds. The van der Waals surface area contributed by atoms with E-state index in [0.717, 1.165) is 0 Å². The molecule has 0 unspecified atom stereocenters. The molecule has 28 heavy (non-hydrogen) atoms. The Bertz CT molecular complexity index is 1030. The third-order valence-corrected chi connectivity index (χ3v) is 3.78. The van der Waals surface area contributed by atoms with Crippen LogP contribution in [-0.4, -0.2) is 23.1 Å². The lowest BCUT2D eigenvalue weighted by molar-refractivity contribution is 0.0956. The molecular formula is C21H16FN3O3. The summed E-state index contributed by atoms with van der Waals surface area (Å²) in [7, 11) is 0. The second-order valence-electron chi connectivity index (χ2n) is 5.80. The van der Waals surface area contributed by atoms with Crippen LogP contribution in [0.5, 0.6) is 5.75 Å². The van der Waals surface area contributed by atoms with Crippen LogP contribution in [-0.2, 0) is 0 Å². The van der Waals surface area contributed by atoms with Crippen molar-refractivity contribution in [3.05, 3.63) is 95.3 Å². The van der Waals surface area contributed by atoms with E-state index in [0.29, 0.717) is 11.3 Å². The molecule has 3 rings (SSSR count). The van der Waals surface area contributed by atoms with Gasteiger partial charge in [0, 0.05) is 5.56 Å². The molecule has 3 aromatic rings. The summed E-state index contributed by atoms with van der Waals surface area (Å²) in [6.07, 6.45) is 1.39. The fourth-order valence-corrected chi connectivity index (χ4v) is 2.42. The van der Waals surface area contributed by atoms with Gasteiger partial charge in [0.2, 0.25) is 0 Å². The highest BCUT2D eigenvalue weighted by atomic mass is 19.1. The number of carbonyl (C=O) groups excluding carboxylic acids is 2. The third kappa shape index (κ3) is 4.79. The van der Waals surface area contributed by atoms with E-state index >= 15 is 0 Å². The van der Waals surface area contributed by atoms with Gasteiger partial charge in [0.15, 0.2) is 0 Å². The number of nitrogens with one attached hydrogen (secondary N) is 2. The molecule has 0 aliphatic carbocycles. The molecule has 0 spiro atoms. The van der Waals surface area contributed by atoms with Crippen molar-refractivity contribution in [2.75, 3.05) is 5.32 Å². The van der Waals surface area contributed by atoms with Gasteiger partial charge >= 0.3 is 0 Å². The van der Waals surface area contributed by atoms with Crippen molar-refractivity contribution in [2.24, 2.45) is 5.10 Å². The Morgan fingerprint density at radius 1 is 0.929 bits per heavy atom. The molecular weight excluding hydrogens is 361 g/mol. The average Bonchev–Trinajstić information content (AvgIpc) is 2.69. The number of hydrogen-bond donors (Lipinski definition) is 3. The number of para-hydroxylation sites is 1. The minimum Gasteiger partial charge on any atom is -0.508 e. The van der Waals surface area contributed by atoms with Crippen molar-refractivity contribution in [1.29, 1.82) is 0 Å². The van der Waals surface area contributed by atoms with Crippen LogP contribution in [0.1, 0.15) is 26.3 Å². The number of amides is 2. The molecule has 0 saturated carbocycles. The zero-order valence-corrected chi connectivity index (χ0v) is 14.6. The number of aromatic hydroxyl groups is 1. The first-order valence-electron chi connectivity index (χ1n) is 8.31. The molecule has 140 valence electrons. The van der Waals surface area contributed by atoms with Gasteiger partial charge in [-0.25, -0.2) is 9.82 Å². The third-order valence-electron chi connectivity index (χ3n) is 3.78. The van der Waals surface area contributed by atoms with Crippen LogP contribution in [0.4, 0.5) is 10.1 Å². The lowest BCUT2D eigenvalue weighted by Crippen LogP contribution is -2.21. The van der Waals surface area contributed by atoms with Gasteiger partial charge in [0.1, 0.15) is 11.6 Å². The van der Waals surface area contributed by atoms with Crippen molar-refractivity contribution >= 4 is 23.7 Å². The number of anilines is 1. The lowest BCUT2D eigenvalue weighted by Gasteiger charge is -2.10. The van der Waals surface area contributed by atoms with Crippen LogP contribution in [0, 0.1) is 5.82 Å². The second-order valence-corrected chi connectivity index (χ2v) is 5.80. The Morgan fingerprint density at radius 3 is 2.43 bits per heavy atom. The quantitative estimate of drug-likeness (QED) is 0.469. The SMILES string of the molecule is O=C(Nc1ccccc1C(=O)NN=Cc1cccc(O)c1)c1ccc(F)cc1. The van der Waals surface area contributed by atoms with E-state index in [2.05, 4.69) is 15.8 Å². The predicted molar refractivity (Wildman–Crippen MR) is 104 cm³/mol. The molecule has 3 N–H and O–H groups in total. The highest BCUT2D eigenvalue weighted by Gasteiger charge is 2.13. The number of halogens is 1. The second kappa shape index (κ2) is 8.59. The van der Waals surface area contributed by atoms with Crippen LogP contribution >= 0.6 is 0 Å². The molecule has 0 aliphatic heterocycles. The molecule has 0 radical (unpaired) electrons. The van der Waals surface area contributed by atoms with E-state index in [1.54, 1.807) is 36.4 Å². The summed E-state index contributed by atoms with van der Waals surface area (Å²) in [4.78, 5) is 24.7. The Labute approximate surface area is 160 Å². The van der Waals surface area contributed by atoms with Gasteiger partial charge in [-0.05, 0) is 54.1 Å². The molecule has 0 atom stereocenters. The molecule has 0 fully saturated rings. The van der Waals surface area contributed by atoms with E-state index in [1.807, 2.05) is 0 Å². The molecule has 0 saturated heterocycles.